The van der Waals surface area contributed by atoms with Crippen LogP contribution < -0.4 is 15.5 Å². The first-order valence-electron chi connectivity index (χ1n) is 8.35. The third-order valence-corrected chi connectivity index (χ3v) is 4.66. The average molecular weight is 395 g/mol. The fraction of sp³-hybridized carbons (Fsp3) is 0.333. The molecule has 138 valence electrons. The van der Waals surface area contributed by atoms with Crippen molar-refractivity contribution in [1.29, 1.82) is 0 Å². The molecule has 2 N–H and O–H groups in total. The first kappa shape index (κ1) is 18.8. The Hall–Kier alpha value is -2.02. The summed E-state index contributed by atoms with van der Waals surface area (Å²) in [5.74, 6) is 0.886. The molecule has 2 aromatic rings. The minimum absolute atomic E-state index is 0.271. The van der Waals surface area contributed by atoms with Crippen LogP contribution in [-0.4, -0.2) is 37.3 Å². The molecule has 26 heavy (non-hydrogen) atoms. The van der Waals surface area contributed by atoms with E-state index in [0.717, 1.165) is 30.0 Å². The highest BCUT2D eigenvalue weighted by Gasteiger charge is 2.16. The molecular weight excluding hydrogens is 375 g/mol. The molecule has 0 spiro atoms. The lowest BCUT2D eigenvalue weighted by atomic mass is 10.2. The number of hydrogen-bond donors (Lipinski definition) is 2. The van der Waals surface area contributed by atoms with Crippen LogP contribution >= 0.6 is 23.2 Å². The molecule has 0 saturated carbocycles. The van der Waals surface area contributed by atoms with E-state index in [0.29, 0.717) is 36.3 Å². The molecule has 1 aliphatic heterocycles. The van der Waals surface area contributed by atoms with Crippen LogP contribution in [0.3, 0.4) is 0 Å². The minimum atomic E-state index is -0.271. The number of carbonyl (C=O) groups excluding carboxylic acids is 1. The van der Waals surface area contributed by atoms with Gasteiger partial charge >= 0.3 is 6.03 Å². The molecule has 1 aliphatic rings. The SMILES string of the molecule is O=C(NCc1ccc(Cl)cc1Cl)NCc1cccnc1N1CCOCC1. The predicted molar refractivity (Wildman–Crippen MR) is 103 cm³/mol. The molecule has 2 amide bonds. The van der Waals surface area contributed by atoms with E-state index >= 15 is 0 Å². The first-order valence-corrected chi connectivity index (χ1v) is 9.11. The molecule has 8 heteroatoms. The molecule has 1 fully saturated rings. The van der Waals surface area contributed by atoms with E-state index in [9.17, 15) is 4.79 Å². The van der Waals surface area contributed by atoms with Crippen molar-refractivity contribution in [2.45, 2.75) is 13.1 Å². The summed E-state index contributed by atoms with van der Waals surface area (Å²) < 4.78 is 5.38. The van der Waals surface area contributed by atoms with Gasteiger partial charge in [0, 0.05) is 48.0 Å². The van der Waals surface area contributed by atoms with E-state index < -0.39 is 0 Å². The Labute approximate surface area is 162 Å². The molecule has 1 aromatic heterocycles. The smallest absolute Gasteiger partial charge is 0.315 e. The van der Waals surface area contributed by atoms with E-state index in [1.54, 1.807) is 24.4 Å². The molecule has 0 unspecified atom stereocenters. The summed E-state index contributed by atoms with van der Waals surface area (Å²) in [6, 6.07) is 8.76. The number of halogens is 2. The number of ether oxygens (including phenoxy) is 1. The van der Waals surface area contributed by atoms with Gasteiger partial charge in [0.15, 0.2) is 0 Å². The number of carbonyl (C=O) groups is 1. The quantitative estimate of drug-likeness (QED) is 0.816. The highest BCUT2D eigenvalue weighted by Crippen LogP contribution is 2.21. The van der Waals surface area contributed by atoms with Crippen molar-refractivity contribution >= 4 is 35.1 Å². The minimum Gasteiger partial charge on any atom is -0.378 e. The number of morpholine rings is 1. The fourth-order valence-electron chi connectivity index (χ4n) is 2.71. The number of nitrogens with one attached hydrogen (secondary N) is 2. The van der Waals surface area contributed by atoms with Crippen molar-refractivity contribution in [3.8, 4) is 0 Å². The van der Waals surface area contributed by atoms with Crippen LogP contribution in [0.2, 0.25) is 10.0 Å². The summed E-state index contributed by atoms with van der Waals surface area (Å²) in [6.07, 6.45) is 1.76. The first-order chi connectivity index (χ1) is 12.6. The van der Waals surface area contributed by atoms with Gasteiger partial charge in [0.1, 0.15) is 5.82 Å². The molecule has 2 heterocycles. The number of aromatic nitrogens is 1. The van der Waals surface area contributed by atoms with Gasteiger partial charge in [-0.25, -0.2) is 9.78 Å². The van der Waals surface area contributed by atoms with Crippen LogP contribution in [-0.2, 0) is 17.8 Å². The second-order valence-corrected chi connectivity index (χ2v) is 6.70. The zero-order chi connectivity index (χ0) is 18.4. The van der Waals surface area contributed by atoms with E-state index in [2.05, 4.69) is 20.5 Å². The van der Waals surface area contributed by atoms with Crippen LogP contribution in [0, 0.1) is 0 Å². The molecule has 6 nitrogen and oxygen atoms in total. The Kier molecular flexibility index (Phi) is 6.55. The average Bonchev–Trinajstić information content (AvgIpc) is 2.66. The number of benzene rings is 1. The normalized spacial score (nSPS) is 14.2. The standard InChI is InChI=1S/C18H20Cl2N4O2/c19-15-4-3-13(16(20)10-15)11-22-18(25)23-12-14-2-1-5-21-17(14)24-6-8-26-9-7-24/h1-5,10H,6-9,11-12H2,(H2,22,23,25). The summed E-state index contributed by atoms with van der Waals surface area (Å²) >= 11 is 12.0. The topological polar surface area (TPSA) is 66.5 Å². The molecule has 1 aromatic carbocycles. The molecule has 0 aliphatic carbocycles. The maximum absolute atomic E-state index is 12.1. The van der Waals surface area contributed by atoms with Crippen molar-refractivity contribution in [3.63, 3.8) is 0 Å². The van der Waals surface area contributed by atoms with E-state index in [1.165, 1.54) is 0 Å². The molecule has 0 bridgehead atoms. The monoisotopic (exact) mass is 394 g/mol. The Morgan fingerprint density at radius 2 is 1.85 bits per heavy atom. The van der Waals surface area contributed by atoms with E-state index in [1.807, 2.05) is 12.1 Å². The number of anilines is 1. The Balaban J connectivity index is 1.54. The van der Waals surface area contributed by atoms with Gasteiger partial charge in [-0.05, 0) is 23.8 Å². The third-order valence-electron chi connectivity index (χ3n) is 4.07. The summed E-state index contributed by atoms with van der Waals surface area (Å²) in [4.78, 5) is 18.7. The predicted octanol–water partition coefficient (Wildman–Crippen LogP) is 3.22. The van der Waals surface area contributed by atoms with Gasteiger partial charge in [-0.2, -0.15) is 0 Å². The van der Waals surface area contributed by atoms with Gasteiger partial charge in [0.05, 0.1) is 13.2 Å². The number of pyridine rings is 1. The van der Waals surface area contributed by atoms with Gasteiger partial charge in [0.2, 0.25) is 0 Å². The van der Waals surface area contributed by atoms with Crippen molar-refractivity contribution < 1.29 is 9.53 Å². The van der Waals surface area contributed by atoms with Crippen molar-refractivity contribution in [1.82, 2.24) is 15.6 Å². The van der Waals surface area contributed by atoms with Gasteiger partial charge in [-0.1, -0.05) is 35.3 Å². The van der Waals surface area contributed by atoms with Crippen molar-refractivity contribution in [2.24, 2.45) is 0 Å². The largest absolute Gasteiger partial charge is 0.378 e. The highest BCUT2D eigenvalue weighted by molar-refractivity contribution is 6.35. The Morgan fingerprint density at radius 1 is 1.12 bits per heavy atom. The lowest BCUT2D eigenvalue weighted by Crippen LogP contribution is -2.38. The number of urea groups is 1. The fourth-order valence-corrected chi connectivity index (χ4v) is 3.18. The van der Waals surface area contributed by atoms with Gasteiger partial charge in [0.25, 0.3) is 0 Å². The molecule has 1 saturated heterocycles. The van der Waals surface area contributed by atoms with Crippen LogP contribution in [0.4, 0.5) is 10.6 Å². The van der Waals surface area contributed by atoms with E-state index in [-0.39, 0.29) is 6.03 Å². The second kappa shape index (κ2) is 9.07. The van der Waals surface area contributed by atoms with Gasteiger partial charge in [-0.15, -0.1) is 0 Å². The van der Waals surface area contributed by atoms with Crippen molar-refractivity contribution in [2.75, 3.05) is 31.2 Å². The van der Waals surface area contributed by atoms with Crippen LogP contribution in [0.5, 0.6) is 0 Å². The zero-order valence-electron chi connectivity index (χ0n) is 14.2. The van der Waals surface area contributed by atoms with Gasteiger partial charge in [-0.3, -0.25) is 0 Å². The maximum Gasteiger partial charge on any atom is 0.315 e. The summed E-state index contributed by atoms with van der Waals surface area (Å²) in [5.41, 5.74) is 1.77. The number of nitrogens with zero attached hydrogens (tertiary/aromatic N) is 2. The zero-order valence-corrected chi connectivity index (χ0v) is 15.7. The highest BCUT2D eigenvalue weighted by atomic mass is 35.5. The van der Waals surface area contributed by atoms with E-state index in [4.69, 9.17) is 27.9 Å². The summed E-state index contributed by atoms with van der Waals surface area (Å²) in [6.45, 7) is 3.68. The maximum atomic E-state index is 12.1. The summed E-state index contributed by atoms with van der Waals surface area (Å²) in [5, 5.41) is 6.75. The third kappa shape index (κ3) is 5.00. The number of hydrogen-bond acceptors (Lipinski definition) is 4. The van der Waals surface area contributed by atoms with Crippen LogP contribution in [0.25, 0.3) is 0 Å². The Bertz CT molecular complexity index is 767. The Morgan fingerprint density at radius 3 is 2.58 bits per heavy atom. The molecule has 3 rings (SSSR count). The lowest BCUT2D eigenvalue weighted by molar-refractivity contribution is 0.122. The lowest BCUT2D eigenvalue weighted by Gasteiger charge is -2.29. The molecular formula is C18H20Cl2N4O2. The van der Waals surface area contributed by atoms with Crippen LogP contribution in [0.1, 0.15) is 11.1 Å². The number of amides is 2. The second-order valence-electron chi connectivity index (χ2n) is 5.86. The van der Waals surface area contributed by atoms with Gasteiger partial charge < -0.3 is 20.3 Å². The van der Waals surface area contributed by atoms with Crippen LogP contribution in [0.15, 0.2) is 36.5 Å². The molecule has 0 atom stereocenters. The molecule has 0 radical (unpaired) electrons. The number of rotatable bonds is 5. The summed E-state index contributed by atoms with van der Waals surface area (Å²) in [7, 11) is 0. The van der Waals surface area contributed by atoms with Crippen molar-refractivity contribution in [3.05, 3.63) is 57.7 Å².